The SMILES string of the molecule is CN(Cc1ccccc1)C[C@H]1C(=O)N(c2cc(Cl)cc(Cl)c2)C(=O)N1C. The van der Waals surface area contributed by atoms with Crippen molar-refractivity contribution in [3.05, 3.63) is 64.1 Å². The van der Waals surface area contributed by atoms with Crippen LogP contribution in [0.2, 0.25) is 10.0 Å². The average molecular weight is 392 g/mol. The Balaban J connectivity index is 1.77. The van der Waals surface area contributed by atoms with E-state index in [-0.39, 0.29) is 11.9 Å². The Bertz CT molecular complexity index is 809. The van der Waals surface area contributed by atoms with Gasteiger partial charge in [0.25, 0.3) is 5.91 Å². The Morgan fingerprint density at radius 2 is 1.65 bits per heavy atom. The zero-order chi connectivity index (χ0) is 18.8. The molecule has 2 aromatic rings. The van der Waals surface area contributed by atoms with Crippen LogP contribution in [0.25, 0.3) is 0 Å². The molecule has 3 rings (SSSR count). The maximum Gasteiger partial charge on any atom is 0.331 e. The predicted molar refractivity (Wildman–Crippen MR) is 104 cm³/mol. The lowest BCUT2D eigenvalue weighted by Crippen LogP contribution is -2.41. The summed E-state index contributed by atoms with van der Waals surface area (Å²) in [5, 5.41) is 0.751. The summed E-state index contributed by atoms with van der Waals surface area (Å²) in [6.45, 7) is 1.12. The lowest BCUT2D eigenvalue weighted by atomic mass is 10.2. The minimum atomic E-state index is -0.561. The van der Waals surface area contributed by atoms with E-state index in [4.69, 9.17) is 23.2 Å². The number of carbonyl (C=O) groups excluding carboxylic acids is 2. The number of carbonyl (C=O) groups is 2. The van der Waals surface area contributed by atoms with Gasteiger partial charge in [0.15, 0.2) is 0 Å². The molecule has 0 saturated carbocycles. The molecule has 3 amide bonds. The Morgan fingerprint density at radius 3 is 2.27 bits per heavy atom. The highest BCUT2D eigenvalue weighted by Crippen LogP contribution is 2.30. The number of nitrogens with zero attached hydrogens (tertiary/aromatic N) is 3. The predicted octanol–water partition coefficient (Wildman–Crippen LogP) is 3.89. The van der Waals surface area contributed by atoms with E-state index in [2.05, 4.69) is 0 Å². The Kier molecular flexibility index (Phi) is 5.51. The van der Waals surface area contributed by atoms with Crippen LogP contribution in [-0.2, 0) is 11.3 Å². The molecule has 0 aliphatic carbocycles. The molecule has 136 valence electrons. The van der Waals surface area contributed by atoms with Crippen LogP contribution in [0.15, 0.2) is 48.5 Å². The fourth-order valence-electron chi connectivity index (χ4n) is 3.06. The third-order valence-corrected chi connectivity index (χ3v) is 4.79. The number of benzene rings is 2. The van der Waals surface area contributed by atoms with Crippen molar-refractivity contribution in [2.75, 3.05) is 25.5 Å². The fourth-order valence-corrected chi connectivity index (χ4v) is 3.58. The molecule has 0 aromatic heterocycles. The Morgan fingerprint density at radius 1 is 1.04 bits per heavy atom. The summed E-state index contributed by atoms with van der Waals surface area (Å²) in [4.78, 5) is 30.1. The van der Waals surface area contributed by atoms with Crippen molar-refractivity contribution in [3.8, 4) is 0 Å². The van der Waals surface area contributed by atoms with Crippen molar-refractivity contribution in [1.82, 2.24) is 9.80 Å². The summed E-state index contributed by atoms with van der Waals surface area (Å²) in [5.74, 6) is -0.282. The monoisotopic (exact) mass is 391 g/mol. The molecule has 5 nitrogen and oxygen atoms in total. The minimum Gasteiger partial charge on any atom is -0.314 e. The maximum absolute atomic E-state index is 12.9. The zero-order valence-corrected chi connectivity index (χ0v) is 16.0. The van der Waals surface area contributed by atoms with Crippen LogP contribution in [0, 0.1) is 0 Å². The van der Waals surface area contributed by atoms with E-state index in [1.807, 2.05) is 42.3 Å². The highest BCUT2D eigenvalue weighted by Gasteiger charge is 2.44. The molecule has 1 aliphatic rings. The van der Waals surface area contributed by atoms with Crippen LogP contribution in [0.4, 0.5) is 10.5 Å². The van der Waals surface area contributed by atoms with E-state index in [9.17, 15) is 9.59 Å². The smallest absolute Gasteiger partial charge is 0.314 e. The van der Waals surface area contributed by atoms with Gasteiger partial charge in [-0.25, -0.2) is 9.69 Å². The first-order valence-electron chi connectivity index (χ1n) is 8.16. The summed E-state index contributed by atoms with van der Waals surface area (Å²) in [5.41, 5.74) is 1.53. The molecule has 0 N–H and O–H groups in total. The van der Waals surface area contributed by atoms with E-state index in [1.165, 1.54) is 4.90 Å². The number of halogens is 2. The second-order valence-corrected chi connectivity index (χ2v) is 7.27. The van der Waals surface area contributed by atoms with Crippen LogP contribution in [0.5, 0.6) is 0 Å². The maximum atomic E-state index is 12.9. The quantitative estimate of drug-likeness (QED) is 0.726. The van der Waals surface area contributed by atoms with E-state index >= 15 is 0 Å². The molecule has 1 fully saturated rings. The first kappa shape index (κ1) is 18.7. The van der Waals surface area contributed by atoms with Crippen LogP contribution < -0.4 is 4.90 Å². The van der Waals surface area contributed by atoms with Gasteiger partial charge in [0.1, 0.15) is 6.04 Å². The van der Waals surface area contributed by atoms with E-state index in [1.54, 1.807) is 25.2 Å². The molecule has 2 aromatic carbocycles. The third kappa shape index (κ3) is 3.85. The number of hydrogen-bond acceptors (Lipinski definition) is 3. The van der Waals surface area contributed by atoms with Crippen molar-refractivity contribution in [2.45, 2.75) is 12.6 Å². The van der Waals surface area contributed by atoms with Crippen LogP contribution in [-0.4, -0.2) is 48.4 Å². The first-order valence-corrected chi connectivity index (χ1v) is 8.91. The number of urea groups is 1. The summed E-state index contributed by atoms with van der Waals surface area (Å²) >= 11 is 12.0. The van der Waals surface area contributed by atoms with Gasteiger partial charge in [0.05, 0.1) is 5.69 Å². The number of imide groups is 1. The highest BCUT2D eigenvalue weighted by atomic mass is 35.5. The second-order valence-electron chi connectivity index (χ2n) is 6.39. The lowest BCUT2D eigenvalue weighted by Gasteiger charge is -2.23. The van der Waals surface area contributed by atoms with Gasteiger partial charge in [-0.3, -0.25) is 9.69 Å². The molecule has 7 heteroatoms. The Hall–Kier alpha value is -2.08. The molecule has 0 radical (unpaired) electrons. The second kappa shape index (κ2) is 7.66. The van der Waals surface area contributed by atoms with Gasteiger partial charge in [-0.05, 0) is 30.8 Å². The summed E-state index contributed by atoms with van der Waals surface area (Å²) < 4.78 is 0. The van der Waals surface area contributed by atoms with Gasteiger partial charge in [-0.1, -0.05) is 53.5 Å². The van der Waals surface area contributed by atoms with Crippen molar-refractivity contribution in [1.29, 1.82) is 0 Å². The van der Waals surface area contributed by atoms with Crippen molar-refractivity contribution in [2.24, 2.45) is 0 Å². The molecule has 0 bridgehead atoms. The summed E-state index contributed by atoms with van der Waals surface area (Å²) in [6.07, 6.45) is 0. The summed E-state index contributed by atoms with van der Waals surface area (Å²) in [7, 11) is 3.56. The largest absolute Gasteiger partial charge is 0.331 e. The number of amides is 3. The van der Waals surface area contributed by atoms with Crippen LogP contribution >= 0.6 is 23.2 Å². The number of anilines is 1. The average Bonchev–Trinajstić information content (AvgIpc) is 2.78. The standard InChI is InChI=1S/C19H19Cl2N3O2/c1-22(11-13-6-4-3-5-7-13)12-17-18(25)24(19(26)23(17)2)16-9-14(20)8-15(21)10-16/h3-10,17H,11-12H2,1-2H3/t17-/m0/s1. The van der Waals surface area contributed by atoms with Crippen LogP contribution in [0.3, 0.4) is 0 Å². The summed E-state index contributed by atoms with van der Waals surface area (Å²) in [6, 6.07) is 13.7. The molecule has 26 heavy (non-hydrogen) atoms. The first-order chi connectivity index (χ1) is 12.4. The Labute approximate surface area is 162 Å². The molecular formula is C19H19Cl2N3O2. The number of hydrogen-bond donors (Lipinski definition) is 0. The van der Waals surface area contributed by atoms with Gasteiger partial charge >= 0.3 is 6.03 Å². The normalized spacial score (nSPS) is 17.5. The molecule has 0 spiro atoms. The molecular weight excluding hydrogens is 373 g/mol. The lowest BCUT2D eigenvalue weighted by molar-refractivity contribution is -0.120. The van der Waals surface area contributed by atoms with Gasteiger partial charge in [-0.2, -0.15) is 0 Å². The molecule has 1 aliphatic heterocycles. The highest BCUT2D eigenvalue weighted by molar-refractivity contribution is 6.35. The molecule has 0 unspecified atom stereocenters. The van der Waals surface area contributed by atoms with Gasteiger partial charge in [0.2, 0.25) is 0 Å². The zero-order valence-electron chi connectivity index (χ0n) is 14.5. The number of likely N-dealkylation sites (N-methyl/N-ethyl adjacent to an activating group) is 2. The van der Waals surface area contributed by atoms with E-state index in [0.29, 0.717) is 28.8 Å². The minimum absolute atomic E-state index is 0.282. The van der Waals surface area contributed by atoms with Crippen molar-refractivity contribution in [3.63, 3.8) is 0 Å². The van der Waals surface area contributed by atoms with Crippen molar-refractivity contribution >= 4 is 40.8 Å². The molecule has 1 saturated heterocycles. The molecule has 1 heterocycles. The molecule has 1 atom stereocenters. The van der Waals surface area contributed by atoms with E-state index in [0.717, 1.165) is 10.5 Å². The third-order valence-electron chi connectivity index (χ3n) is 4.35. The van der Waals surface area contributed by atoms with Crippen molar-refractivity contribution < 1.29 is 9.59 Å². The number of rotatable bonds is 5. The topological polar surface area (TPSA) is 43.9 Å². The van der Waals surface area contributed by atoms with Gasteiger partial charge < -0.3 is 4.90 Å². The fraction of sp³-hybridized carbons (Fsp3) is 0.263. The van der Waals surface area contributed by atoms with Gasteiger partial charge in [-0.15, -0.1) is 0 Å². The van der Waals surface area contributed by atoms with Crippen LogP contribution in [0.1, 0.15) is 5.56 Å². The van der Waals surface area contributed by atoms with E-state index < -0.39 is 6.04 Å². The van der Waals surface area contributed by atoms with Gasteiger partial charge in [0, 0.05) is 30.2 Å².